The van der Waals surface area contributed by atoms with Crippen LogP contribution in [0, 0.1) is 6.92 Å². The Kier molecular flexibility index (Phi) is 2.00. The molecule has 0 aliphatic carbocycles. The summed E-state index contributed by atoms with van der Waals surface area (Å²) in [6, 6.07) is 7.14. The molecule has 72 valence electrons. The van der Waals surface area contributed by atoms with E-state index in [2.05, 4.69) is 4.98 Å². The Morgan fingerprint density at radius 2 is 2.07 bits per heavy atom. The number of nitrogens with zero attached hydrogens (tertiary/aromatic N) is 1. The van der Waals surface area contributed by atoms with Crippen molar-refractivity contribution in [3.8, 4) is 11.6 Å². The van der Waals surface area contributed by atoms with E-state index in [-0.39, 0.29) is 5.75 Å². The maximum Gasteiger partial charge on any atom is 0.221 e. The molecule has 0 amide bonds. The Morgan fingerprint density at radius 3 is 2.79 bits per heavy atom. The van der Waals surface area contributed by atoms with Crippen molar-refractivity contribution in [2.75, 3.05) is 7.11 Å². The van der Waals surface area contributed by atoms with Gasteiger partial charge < -0.3 is 9.84 Å². The number of hydrogen-bond donors (Lipinski definition) is 1. The van der Waals surface area contributed by atoms with Crippen LogP contribution < -0.4 is 4.74 Å². The minimum Gasteiger partial charge on any atom is -0.507 e. The second-order valence-corrected chi connectivity index (χ2v) is 3.15. The number of aromatic nitrogens is 1. The third-order valence-corrected chi connectivity index (χ3v) is 2.14. The van der Waals surface area contributed by atoms with Gasteiger partial charge in [0, 0.05) is 16.5 Å². The van der Waals surface area contributed by atoms with E-state index in [1.165, 1.54) is 0 Å². The zero-order chi connectivity index (χ0) is 10.1. The van der Waals surface area contributed by atoms with E-state index in [4.69, 9.17) is 4.74 Å². The van der Waals surface area contributed by atoms with E-state index in [1.54, 1.807) is 19.2 Å². The molecule has 1 heterocycles. The first kappa shape index (κ1) is 8.81. The van der Waals surface area contributed by atoms with Crippen LogP contribution >= 0.6 is 0 Å². The number of aryl methyl sites for hydroxylation is 1. The van der Waals surface area contributed by atoms with Crippen molar-refractivity contribution < 1.29 is 9.84 Å². The summed E-state index contributed by atoms with van der Waals surface area (Å²) in [4.78, 5) is 4.23. The van der Waals surface area contributed by atoms with Gasteiger partial charge in [-0.15, -0.1) is 0 Å². The standard InChI is InChI=1S/C11H11NO2/c1-7-6-9-8(11(12-7)14-2)4-3-5-10(9)13/h3-6,13H,1-2H3. The molecule has 0 saturated carbocycles. The molecule has 1 aromatic carbocycles. The summed E-state index contributed by atoms with van der Waals surface area (Å²) >= 11 is 0. The highest BCUT2D eigenvalue weighted by molar-refractivity contribution is 5.91. The fourth-order valence-electron chi connectivity index (χ4n) is 1.51. The lowest BCUT2D eigenvalue weighted by atomic mass is 10.1. The second-order valence-electron chi connectivity index (χ2n) is 3.15. The maximum atomic E-state index is 9.63. The van der Waals surface area contributed by atoms with Crippen LogP contribution in [0.2, 0.25) is 0 Å². The molecule has 0 unspecified atom stereocenters. The predicted molar refractivity (Wildman–Crippen MR) is 54.7 cm³/mol. The van der Waals surface area contributed by atoms with Crippen LogP contribution in [0.1, 0.15) is 5.69 Å². The molecule has 0 bridgehead atoms. The van der Waals surface area contributed by atoms with E-state index in [9.17, 15) is 5.11 Å². The van der Waals surface area contributed by atoms with Gasteiger partial charge in [-0.3, -0.25) is 0 Å². The van der Waals surface area contributed by atoms with Crippen molar-refractivity contribution >= 4 is 10.8 Å². The van der Waals surface area contributed by atoms with E-state index in [0.29, 0.717) is 5.88 Å². The number of phenols is 1. The summed E-state index contributed by atoms with van der Waals surface area (Å²) in [5.41, 5.74) is 0.829. The summed E-state index contributed by atoms with van der Waals surface area (Å²) < 4.78 is 5.14. The molecule has 0 fully saturated rings. The minimum absolute atomic E-state index is 0.256. The third-order valence-electron chi connectivity index (χ3n) is 2.14. The molecule has 0 aliphatic heterocycles. The van der Waals surface area contributed by atoms with Gasteiger partial charge in [0.1, 0.15) is 5.75 Å². The molecule has 0 aliphatic rings. The highest BCUT2D eigenvalue weighted by Crippen LogP contribution is 2.30. The van der Waals surface area contributed by atoms with Gasteiger partial charge in [-0.05, 0) is 25.1 Å². The fraction of sp³-hybridized carbons (Fsp3) is 0.182. The normalized spacial score (nSPS) is 10.4. The van der Waals surface area contributed by atoms with Crippen molar-refractivity contribution in [3.05, 3.63) is 30.0 Å². The molecule has 1 aromatic heterocycles. The Morgan fingerprint density at radius 1 is 1.29 bits per heavy atom. The number of ether oxygens (including phenoxy) is 1. The summed E-state index contributed by atoms with van der Waals surface area (Å²) in [5.74, 6) is 0.808. The first-order chi connectivity index (χ1) is 6.72. The lowest BCUT2D eigenvalue weighted by Gasteiger charge is -2.06. The van der Waals surface area contributed by atoms with Crippen LogP contribution in [0.5, 0.6) is 11.6 Å². The maximum absolute atomic E-state index is 9.63. The van der Waals surface area contributed by atoms with Crippen molar-refractivity contribution in [2.24, 2.45) is 0 Å². The fourth-order valence-corrected chi connectivity index (χ4v) is 1.51. The molecule has 0 spiro atoms. The zero-order valence-electron chi connectivity index (χ0n) is 8.11. The van der Waals surface area contributed by atoms with E-state index in [0.717, 1.165) is 16.5 Å². The van der Waals surface area contributed by atoms with Crippen LogP contribution in [0.4, 0.5) is 0 Å². The topological polar surface area (TPSA) is 42.4 Å². The molecule has 14 heavy (non-hydrogen) atoms. The molecule has 2 aromatic rings. The van der Waals surface area contributed by atoms with E-state index < -0.39 is 0 Å². The number of hydrogen-bond acceptors (Lipinski definition) is 3. The average molecular weight is 189 g/mol. The van der Waals surface area contributed by atoms with Crippen LogP contribution in [0.25, 0.3) is 10.8 Å². The van der Waals surface area contributed by atoms with Crippen LogP contribution in [0.3, 0.4) is 0 Å². The largest absolute Gasteiger partial charge is 0.507 e. The van der Waals surface area contributed by atoms with Crippen molar-refractivity contribution in [1.82, 2.24) is 4.98 Å². The number of phenolic OH excluding ortho intramolecular Hbond substituents is 1. The van der Waals surface area contributed by atoms with Gasteiger partial charge in [0.25, 0.3) is 0 Å². The highest BCUT2D eigenvalue weighted by Gasteiger charge is 2.06. The molecule has 0 atom stereocenters. The number of pyridine rings is 1. The molecule has 3 heteroatoms. The van der Waals surface area contributed by atoms with Gasteiger partial charge in [-0.25, -0.2) is 4.98 Å². The number of aromatic hydroxyl groups is 1. The summed E-state index contributed by atoms with van der Waals surface area (Å²) in [6.07, 6.45) is 0. The first-order valence-electron chi connectivity index (χ1n) is 4.35. The molecule has 3 nitrogen and oxygen atoms in total. The summed E-state index contributed by atoms with van der Waals surface area (Å²) in [5, 5.41) is 11.2. The number of fused-ring (bicyclic) bond motifs is 1. The van der Waals surface area contributed by atoms with Crippen molar-refractivity contribution in [1.29, 1.82) is 0 Å². The van der Waals surface area contributed by atoms with E-state index >= 15 is 0 Å². The number of methoxy groups -OCH3 is 1. The predicted octanol–water partition coefficient (Wildman–Crippen LogP) is 2.26. The lowest BCUT2D eigenvalue weighted by Crippen LogP contribution is -1.91. The first-order valence-corrected chi connectivity index (χ1v) is 4.35. The Bertz CT molecular complexity index is 480. The SMILES string of the molecule is COc1nc(C)cc2c(O)cccc12. The van der Waals surface area contributed by atoms with Gasteiger partial charge in [0.15, 0.2) is 0 Å². The lowest BCUT2D eigenvalue weighted by molar-refractivity contribution is 0.402. The second kappa shape index (κ2) is 3.18. The summed E-state index contributed by atoms with van der Waals surface area (Å²) in [6.45, 7) is 1.87. The Balaban J connectivity index is 2.87. The van der Waals surface area contributed by atoms with Gasteiger partial charge in [0.05, 0.1) is 7.11 Å². The third kappa shape index (κ3) is 1.27. The molecular weight excluding hydrogens is 178 g/mol. The monoisotopic (exact) mass is 189 g/mol. The van der Waals surface area contributed by atoms with Crippen LogP contribution in [-0.2, 0) is 0 Å². The van der Waals surface area contributed by atoms with Gasteiger partial charge in [0.2, 0.25) is 5.88 Å². The Hall–Kier alpha value is -1.77. The van der Waals surface area contributed by atoms with Crippen LogP contribution in [0.15, 0.2) is 24.3 Å². The van der Waals surface area contributed by atoms with Gasteiger partial charge in [-0.1, -0.05) is 6.07 Å². The minimum atomic E-state index is 0.256. The van der Waals surface area contributed by atoms with Gasteiger partial charge in [-0.2, -0.15) is 0 Å². The average Bonchev–Trinajstić information content (AvgIpc) is 2.18. The van der Waals surface area contributed by atoms with Crippen molar-refractivity contribution in [2.45, 2.75) is 6.92 Å². The number of benzene rings is 1. The smallest absolute Gasteiger partial charge is 0.221 e. The molecule has 0 saturated heterocycles. The highest BCUT2D eigenvalue weighted by atomic mass is 16.5. The molecule has 1 N–H and O–H groups in total. The van der Waals surface area contributed by atoms with Crippen molar-refractivity contribution in [3.63, 3.8) is 0 Å². The zero-order valence-corrected chi connectivity index (χ0v) is 8.11. The van der Waals surface area contributed by atoms with E-state index in [1.807, 2.05) is 19.1 Å². The Labute approximate surface area is 82.0 Å². The van der Waals surface area contributed by atoms with Crippen LogP contribution in [-0.4, -0.2) is 17.2 Å². The summed E-state index contributed by atoms with van der Waals surface area (Å²) in [7, 11) is 1.57. The number of rotatable bonds is 1. The van der Waals surface area contributed by atoms with Gasteiger partial charge >= 0.3 is 0 Å². The quantitative estimate of drug-likeness (QED) is 0.748. The molecule has 2 rings (SSSR count). The molecular formula is C11H11NO2. The molecule has 0 radical (unpaired) electrons.